The van der Waals surface area contributed by atoms with Crippen molar-refractivity contribution in [3.63, 3.8) is 0 Å². The van der Waals surface area contributed by atoms with E-state index in [1.54, 1.807) is 23.4 Å². The van der Waals surface area contributed by atoms with Crippen LogP contribution in [0.4, 0.5) is 5.13 Å². The van der Waals surface area contributed by atoms with E-state index in [1.807, 2.05) is 51.1 Å². The van der Waals surface area contributed by atoms with Crippen LogP contribution in [-0.2, 0) is 6.54 Å². The quantitative estimate of drug-likeness (QED) is 0.499. The molecule has 0 aliphatic rings. The minimum Gasteiger partial charge on any atom is -0.466 e. The van der Waals surface area contributed by atoms with Crippen LogP contribution in [0.15, 0.2) is 53.2 Å². The standard InChI is InChI=1S/C21H19N3O2S/c1-13-6-4-8-18-19(13)23-21(27-18)24(12-16-7-5-9-22-11-16)20(25)17-10-14(2)26-15(17)3/h4-11H,12H2,1-3H3. The van der Waals surface area contributed by atoms with Crippen molar-refractivity contribution in [2.45, 2.75) is 27.3 Å². The van der Waals surface area contributed by atoms with Gasteiger partial charge in [0.15, 0.2) is 5.13 Å². The fourth-order valence-corrected chi connectivity index (χ4v) is 4.12. The molecule has 4 rings (SSSR count). The molecule has 5 nitrogen and oxygen atoms in total. The monoisotopic (exact) mass is 377 g/mol. The summed E-state index contributed by atoms with van der Waals surface area (Å²) in [4.78, 5) is 24.0. The molecule has 1 aromatic carbocycles. The highest BCUT2D eigenvalue weighted by Gasteiger charge is 2.25. The molecule has 0 bridgehead atoms. The molecule has 0 saturated carbocycles. The summed E-state index contributed by atoms with van der Waals surface area (Å²) in [5, 5.41) is 0.673. The molecule has 0 atom stereocenters. The molecule has 3 heterocycles. The minimum absolute atomic E-state index is 0.120. The number of amides is 1. The van der Waals surface area contributed by atoms with Gasteiger partial charge in [-0.05, 0) is 50.1 Å². The van der Waals surface area contributed by atoms with Crippen LogP contribution in [0.3, 0.4) is 0 Å². The second-order valence-corrected chi connectivity index (χ2v) is 7.51. The number of para-hydroxylation sites is 1. The number of rotatable bonds is 4. The summed E-state index contributed by atoms with van der Waals surface area (Å²) >= 11 is 1.52. The van der Waals surface area contributed by atoms with Gasteiger partial charge in [0.05, 0.1) is 22.3 Å². The second kappa shape index (κ2) is 6.96. The molecule has 136 valence electrons. The van der Waals surface area contributed by atoms with Crippen LogP contribution in [0, 0.1) is 20.8 Å². The predicted octanol–water partition coefficient (Wildman–Crippen LogP) is 5.06. The van der Waals surface area contributed by atoms with E-state index >= 15 is 0 Å². The van der Waals surface area contributed by atoms with E-state index < -0.39 is 0 Å². The first kappa shape index (κ1) is 17.4. The fourth-order valence-electron chi connectivity index (χ4n) is 3.08. The van der Waals surface area contributed by atoms with Crippen molar-refractivity contribution in [2.75, 3.05) is 4.90 Å². The Labute approximate surface area is 161 Å². The van der Waals surface area contributed by atoms with Gasteiger partial charge in [0, 0.05) is 12.4 Å². The highest BCUT2D eigenvalue weighted by Crippen LogP contribution is 2.32. The molecule has 0 spiro atoms. The summed E-state index contributed by atoms with van der Waals surface area (Å²) in [7, 11) is 0. The average molecular weight is 377 g/mol. The third-order valence-corrected chi connectivity index (χ3v) is 5.46. The molecule has 0 saturated heterocycles. The second-order valence-electron chi connectivity index (χ2n) is 6.50. The van der Waals surface area contributed by atoms with E-state index in [1.165, 1.54) is 11.3 Å². The van der Waals surface area contributed by atoms with Gasteiger partial charge in [0.2, 0.25) is 0 Å². The molecule has 0 fully saturated rings. The number of aryl methyl sites for hydroxylation is 3. The number of anilines is 1. The van der Waals surface area contributed by atoms with E-state index in [0.29, 0.717) is 23.0 Å². The molecule has 1 amide bonds. The largest absolute Gasteiger partial charge is 0.466 e. The van der Waals surface area contributed by atoms with Gasteiger partial charge in [-0.3, -0.25) is 14.7 Å². The first-order chi connectivity index (χ1) is 13.0. The zero-order chi connectivity index (χ0) is 19.0. The van der Waals surface area contributed by atoms with Crippen molar-refractivity contribution in [1.29, 1.82) is 0 Å². The van der Waals surface area contributed by atoms with Crippen molar-refractivity contribution < 1.29 is 9.21 Å². The topological polar surface area (TPSA) is 59.2 Å². The Morgan fingerprint density at radius 2 is 2.04 bits per heavy atom. The number of benzene rings is 1. The Hall–Kier alpha value is -2.99. The normalized spacial score (nSPS) is 11.1. The van der Waals surface area contributed by atoms with Gasteiger partial charge < -0.3 is 4.42 Å². The number of hydrogen-bond donors (Lipinski definition) is 0. The zero-order valence-electron chi connectivity index (χ0n) is 15.4. The molecule has 0 aliphatic heterocycles. The number of aromatic nitrogens is 2. The highest BCUT2D eigenvalue weighted by molar-refractivity contribution is 7.22. The lowest BCUT2D eigenvalue weighted by atomic mass is 10.2. The molecule has 0 N–H and O–H groups in total. The van der Waals surface area contributed by atoms with Gasteiger partial charge in [-0.15, -0.1) is 0 Å². The van der Waals surface area contributed by atoms with Gasteiger partial charge >= 0.3 is 0 Å². The van der Waals surface area contributed by atoms with Crippen LogP contribution in [0.2, 0.25) is 0 Å². The molecule has 0 aliphatic carbocycles. The third kappa shape index (κ3) is 3.36. The average Bonchev–Trinajstić information content (AvgIpc) is 3.23. The number of carbonyl (C=O) groups excluding carboxylic acids is 1. The van der Waals surface area contributed by atoms with Gasteiger partial charge in [-0.2, -0.15) is 0 Å². The van der Waals surface area contributed by atoms with Crippen LogP contribution in [0.5, 0.6) is 0 Å². The number of carbonyl (C=O) groups is 1. The van der Waals surface area contributed by atoms with Crippen LogP contribution in [0.25, 0.3) is 10.2 Å². The lowest BCUT2D eigenvalue weighted by Crippen LogP contribution is -2.30. The number of nitrogens with zero attached hydrogens (tertiary/aromatic N) is 3. The van der Waals surface area contributed by atoms with E-state index in [0.717, 1.165) is 27.1 Å². The fraction of sp³-hybridized carbons (Fsp3) is 0.190. The SMILES string of the molecule is Cc1cc(C(=O)N(Cc2cccnc2)c2nc3c(C)cccc3s2)c(C)o1. The summed E-state index contributed by atoms with van der Waals surface area (Å²) in [5.41, 5.74) is 3.53. The van der Waals surface area contributed by atoms with E-state index in [-0.39, 0.29) is 5.91 Å². The smallest absolute Gasteiger partial charge is 0.263 e. The Balaban J connectivity index is 1.80. The van der Waals surface area contributed by atoms with Crippen molar-refractivity contribution in [2.24, 2.45) is 0 Å². The summed E-state index contributed by atoms with van der Waals surface area (Å²) in [5.74, 6) is 1.22. The van der Waals surface area contributed by atoms with Crippen molar-refractivity contribution in [3.8, 4) is 0 Å². The predicted molar refractivity (Wildman–Crippen MR) is 107 cm³/mol. The minimum atomic E-state index is -0.120. The van der Waals surface area contributed by atoms with Crippen molar-refractivity contribution in [1.82, 2.24) is 9.97 Å². The van der Waals surface area contributed by atoms with E-state index in [4.69, 9.17) is 9.40 Å². The van der Waals surface area contributed by atoms with Crippen LogP contribution in [-0.4, -0.2) is 15.9 Å². The number of furan rings is 1. The summed E-state index contributed by atoms with van der Waals surface area (Å²) in [6.07, 6.45) is 3.49. The maximum atomic E-state index is 13.4. The van der Waals surface area contributed by atoms with Crippen molar-refractivity contribution >= 4 is 32.6 Å². The highest BCUT2D eigenvalue weighted by atomic mass is 32.1. The summed E-state index contributed by atoms with van der Waals surface area (Å²) < 4.78 is 6.64. The van der Waals surface area contributed by atoms with Gasteiger partial charge in [-0.1, -0.05) is 29.5 Å². The van der Waals surface area contributed by atoms with Gasteiger partial charge in [0.1, 0.15) is 11.5 Å². The lowest BCUT2D eigenvalue weighted by Gasteiger charge is -2.19. The molecule has 3 aromatic heterocycles. The molecule has 27 heavy (non-hydrogen) atoms. The van der Waals surface area contributed by atoms with Crippen LogP contribution >= 0.6 is 11.3 Å². The Bertz CT molecular complexity index is 1120. The Morgan fingerprint density at radius 1 is 1.19 bits per heavy atom. The summed E-state index contributed by atoms with van der Waals surface area (Å²) in [6, 6.07) is 11.7. The summed E-state index contributed by atoms with van der Waals surface area (Å²) in [6.45, 7) is 6.08. The van der Waals surface area contributed by atoms with Gasteiger partial charge in [-0.25, -0.2) is 4.98 Å². The number of hydrogen-bond acceptors (Lipinski definition) is 5. The lowest BCUT2D eigenvalue weighted by molar-refractivity contribution is 0.0983. The third-order valence-electron chi connectivity index (χ3n) is 4.42. The van der Waals surface area contributed by atoms with Gasteiger partial charge in [0.25, 0.3) is 5.91 Å². The molecular weight excluding hydrogens is 358 g/mol. The first-order valence-corrected chi connectivity index (χ1v) is 9.48. The maximum Gasteiger partial charge on any atom is 0.263 e. The number of fused-ring (bicyclic) bond motifs is 1. The molecule has 4 aromatic rings. The van der Waals surface area contributed by atoms with E-state index in [2.05, 4.69) is 4.98 Å². The van der Waals surface area contributed by atoms with E-state index in [9.17, 15) is 4.79 Å². The first-order valence-electron chi connectivity index (χ1n) is 8.67. The number of thiazole rings is 1. The van der Waals surface area contributed by atoms with Crippen LogP contribution < -0.4 is 4.90 Å². The van der Waals surface area contributed by atoms with Crippen LogP contribution in [0.1, 0.15) is 33.0 Å². The molecular formula is C21H19N3O2S. The number of pyridine rings is 1. The Kier molecular flexibility index (Phi) is 4.49. The van der Waals surface area contributed by atoms with Crippen molar-refractivity contribution in [3.05, 3.63) is 77.0 Å². The molecule has 0 unspecified atom stereocenters. The Morgan fingerprint density at radius 3 is 2.70 bits per heavy atom. The molecule has 6 heteroatoms. The zero-order valence-corrected chi connectivity index (χ0v) is 16.2. The molecule has 0 radical (unpaired) electrons. The maximum absolute atomic E-state index is 13.4.